The Labute approximate surface area is 115 Å². The number of hydrogen-bond donors (Lipinski definition) is 1. The maximum Gasteiger partial charge on any atom is 0.323 e. The second kappa shape index (κ2) is 10.6. The Kier molecular flexibility index (Phi) is 9.80. The van der Waals surface area contributed by atoms with Gasteiger partial charge in [-0.05, 0) is 19.9 Å². The normalized spacial score (nSPS) is 12.2. The second-order valence-corrected chi connectivity index (χ2v) is 4.62. The molecule has 0 spiro atoms. The maximum absolute atomic E-state index is 12.0. The van der Waals surface area contributed by atoms with Crippen molar-refractivity contribution >= 4 is 11.9 Å². The largest absolute Gasteiger partial charge is 0.465 e. The van der Waals surface area contributed by atoms with E-state index in [2.05, 4.69) is 13.5 Å². The number of nitrogens with two attached hydrogens (primary N) is 1. The fourth-order valence-corrected chi connectivity index (χ4v) is 1.75. The van der Waals surface area contributed by atoms with E-state index in [1.165, 1.54) is 0 Å². The van der Waals surface area contributed by atoms with E-state index in [0.717, 1.165) is 19.3 Å². The summed E-state index contributed by atoms with van der Waals surface area (Å²) in [4.78, 5) is 24.6. The van der Waals surface area contributed by atoms with Gasteiger partial charge in [-0.2, -0.15) is 0 Å². The number of ether oxygens (including phenoxy) is 1. The summed E-state index contributed by atoms with van der Waals surface area (Å²) in [6.07, 6.45) is 5.26. The Balaban J connectivity index is 4.31. The molecule has 0 aromatic rings. The lowest BCUT2D eigenvalue weighted by Crippen LogP contribution is -2.40. The Morgan fingerprint density at radius 3 is 2.63 bits per heavy atom. The van der Waals surface area contributed by atoms with E-state index in [0.29, 0.717) is 19.6 Å². The summed E-state index contributed by atoms with van der Waals surface area (Å²) in [6.45, 7) is 6.73. The summed E-state index contributed by atoms with van der Waals surface area (Å²) >= 11 is 0. The van der Waals surface area contributed by atoms with Crippen molar-refractivity contribution in [1.29, 1.82) is 0 Å². The Bertz CT molecular complexity index is 292. The summed E-state index contributed by atoms with van der Waals surface area (Å²) in [5.74, 6) is -0.697. The predicted molar refractivity (Wildman–Crippen MR) is 75.5 cm³/mol. The van der Waals surface area contributed by atoms with Crippen molar-refractivity contribution < 1.29 is 14.3 Å². The smallest absolute Gasteiger partial charge is 0.323 e. The Hall–Kier alpha value is -1.36. The van der Waals surface area contributed by atoms with Gasteiger partial charge in [0, 0.05) is 13.0 Å². The number of amides is 1. The number of hydrogen-bond acceptors (Lipinski definition) is 4. The van der Waals surface area contributed by atoms with Gasteiger partial charge in [0.15, 0.2) is 0 Å². The van der Waals surface area contributed by atoms with E-state index in [4.69, 9.17) is 10.5 Å². The van der Waals surface area contributed by atoms with Gasteiger partial charge in [-0.15, -0.1) is 6.58 Å². The molecule has 0 aromatic carbocycles. The van der Waals surface area contributed by atoms with Crippen LogP contribution >= 0.6 is 0 Å². The van der Waals surface area contributed by atoms with Gasteiger partial charge < -0.3 is 10.5 Å². The van der Waals surface area contributed by atoms with Gasteiger partial charge in [-0.3, -0.25) is 14.5 Å². The lowest BCUT2D eigenvalue weighted by atomic mass is 10.1. The zero-order chi connectivity index (χ0) is 14.7. The van der Waals surface area contributed by atoms with E-state index in [-0.39, 0.29) is 12.4 Å². The van der Waals surface area contributed by atoms with Gasteiger partial charge in [0.25, 0.3) is 0 Å². The van der Waals surface area contributed by atoms with Crippen molar-refractivity contribution in [3.63, 3.8) is 0 Å². The molecule has 0 unspecified atom stereocenters. The van der Waals surface area contributed by atoms with Crippen LogP contribution in [0.2, 0.25) is 0 Å². The first kappa shape index (κ1) is 17.6. The fraction of sp³-hybridized carbons (Fsp3) is 0.714. The summed E-state index contributed by atoms with van der Waals surface area (Å²) in [6, 6.07) is -0.438. The molecular formula is C14H26N2O3. The van der Waals surface area contributed by atoms with E-state index in [1.807, 2.05) is 4.90 Å². The molecule has 1 atom stereocenters. The van der Waals surface area contributed by atoms with Crippen LogP contribution in [0.15, 0.2) is 12.7 Å². The number of esters is 1. The molecule has 0 aromatic heterocycles. The van der Waals surface area contributed by atoms with Crippen LogP contribution in [0, 0.1) is 0 Å². The molecule has 0 radical (unpaired) electrons. The van der Waals surface area contributed by atoms with E-state index < -0.39 is 11.9 Å². The molecule has 19 heavy (non-hydrogen) atoms. The highest BCUT2D eigenvalue weighted by atomic mass is 16.5. The number of carbonyl (C=O) groups excluding carboxylic acids is 2. The quantitative estimate of drug-likeness (QED) is 0.350. The Morgan fingerprint density at radius 2 is 2.11 bits per heavy atom. The van der Waals surface area contributed by atoms with Crippen molar-refractivity contribution in [2.45, 2.75) is 45.1 Å². The number of carbonyl (C=O) groups is 2. The van der Waals surface area contributed by atoms with Gasteiger partial charge in [-0.25, -0.2) is 0 Å². The third-order valence-corrected chi connectivity index (χ3v) is 2.88. The average molecular weight is 270 g/mol. The van der Waals surface area contributed by atoms with Crippen LogP contribution in [0.3, 0.4) is 0 Å². The summed E-state index contributed by atoms with van der Waals surface area (Å²) in [5, 5.41) is 0. The minimum absolute atomic E-state index is 0.177. The van der Waals surface area contributed by atoms with E-state index >= 15 is 0 Å². The molecule has 0 aliphatic carbocycles. The molecule has 0 saturated carbocycles. The molecule has 0 fully saturated rings. The van der Waals surface area contributed by atoms with E-state index in [1.54, 1.807) is 13.1 Å². The van der Waals surface area contributed by atoms with Crippen molar-refractivity contribution in [2.24, 2.45) is 5.73 Å². The fourth-order valence-electron chi connectivity index (χ4n) is 1.75. The van der Waals surface area contributed by atoms with Gasteiger partial charge in [0.2, 0.25) is 5.91 Å². The standard InChI is InChI=1S/C14H26N2O3/c1-4-6-7-11-19-14(18)12(8-9-13(15)17)16(3)10-5-2/h5,12H,2,4,6-11H2,1,3H3,(H2,15,17)/t12-/m0/s1. The van der Waals surface area contributed by atoms with Crippen LogP contribution in [0.1, 0.15) is 39.0 Å². The first-order valence-corrected chi connectivity index (χ1v) is 6.79. The molecule has 0 aliphatic rings. The summed E-state index contributed by atoms with van der Waals surface area (Å²) in [7, 11) is 1.81. The van der Waals surface area contributed by atoms with E-state index in [9.17, 15) is 9.59 Å². The first-order chi connectivity index (χ1) is 9.02. The summed E-state index contributed by atoms with van der Waals surface area (Å²) in [5.41, 5.74) is 5.12. The van der Waals surface area contributed by atoms with Gasteiger partial charge >= 0.3 is 5.97 Å². The molecule has 1 amide bonds. The lowest BCUT2D eigenvalue weighted by Gasteiger charge is -2.24. The molecule has 0 rings (SSSR count). The molecule has 0 heterocycles. The molecule has 0 bridgehead atoms. The highest BCUT2D eigenvalue weighted by molar-refractivity contribution is 5.78. The molecule has 5 nitrogen and oxygen atoms in total. The zero-order valence-electron chi connectivity index (χ0n) is 12.1. The maximum atomic E-state index is 12.0. The Morgan fingerprint density at radius 1 is 1.42 bits per heavy atom. The van der Waals surface area contributed by atoms with Crippen molar-refractivity contribution in [1.82, 2.24) is 4.90 Å². The third-order valence-electron chi connectivity index (χ3n) is 2.88. The number of unbranched alkanes of at least 4 members (excludes halogenated alkanes) is 2. The van der Waals surface area contributed by atoms with Crippen LogP contribution in [-0.2, 0) is 14.3 Å². The zero-order valence-corrected chi connectivity index (χ0v) is 12.1. The van der Waals surface area contributed by atoms with Crippen LogP contribution in [0.5, 0.6) is 0 Å². The molecule has 110 valence electrons. The van der Waals surface area contributed by atoms with Gasteiger partial charge in [0.1, 0.15) is 6.04 Å². The molecule has 0 saturated heterocycles. The van der Waals surface area contributed by atoms with Crippen LogP contribution in [0.25, 0.3) is 0 Å². The predicted octanol–water partition coefficient (Wildman–Crippen LogP) is 1.47. The van der Waals surface area contributed by atoms with Crippen LogP contribution in [0.4, 0.5) is 0 Å². The van der Waals surface area contributed by atoms with Crippen molar-refractivity contribution in [3.05, 3.63) is 12.7 Å². The molecule has 0 aliphatic heterocycles. The number of likely N-dealkylation sites (N-methyl/N-ethyl adjacent to an activating group) is 1. The van der Waals surface area contributed by atoms with Gasteiger partial charge in [-0.1, -0.05) is 25.8 Å². The monoisotopic (exact) mass is 270 g/mol. The topological polar surface area (TPSA) is 72.6 Å². The van der Waals surface area contributed by atoms with Gasteiger partial charge in [0.05, 0.1) is 6.61 Å². The number of primary amides is 1. The van der Waals surface area contributed by atoms with Crippen LogP contribution in [-0.4, -0.2) is 43.0 Å². The number of rotatable bonds is 11. The average Bonchev–Trinajstić information content (AvgIpc) is 2.35. The molecule has 2 N–H and O–H groups in total. The van der Waals surface area contributed by atoms with Crippen LogP contribution < -0.4 is 5.73 Å². The minimum Gasteiger partial charge on any atom is -0.465 e. The third kappa shape index (κ3) is 8.37. The van der Waals surface area contributed by atoms with Crippen molar-refractivity contribution in [2.75, 3.05) is 20.2 Å². The highest BCUT2D eigenvalue weighted by Gasteiger charge is 2.24. The minimum atomic E-state index is -0.438. The molecular weight excluding hydrogens is 244 g/mol. The SMILES string of the molecule is C=CCN(C)[C@@H](CCC(N)=O)C(=O)OCCCCC. The number of nitrogens with zero attached hydrogens (tertiary/aromatic N) is 1. The summed E-state index contributed by atoms with van der Waals surface area (Å²) < 4.78 is 5.24. The molecule has 5 heteroatoms. The first-order valence-electron chi connectivity index (χ1n) is 6.79. The second-order valence-electron chi connectivity index (χ2n) is 4.62. The van der Waals surface area contributed by atoms with Crippen molar-refractivity contribution in [3.8, 4) is 0 Å². The highest BCUT2D eigenvalue weighted by Crippen LogP contribution is 2.08. The lowest BCUT2D eigenvalue weighted by molar-refractivity contribution is -0.149.